The summed E-state index contributed by atoms with van der Waals surface area (Å²) in [5, 5.41) is 0. The number of amides is 1. The normalized spacial score (nSPS) is 22.1. The number of methoxy groups -OCH3 is 1. The second kappa shape index (κ2) is 6.83. The van der Waals surface area contributed by atoms with Gasteiger partial charge in [0.25, 0.3) is 0 Å². The van der Waals surface area contributed by atoms with Crippen molar-refractivity contribution in [3.8, 4) is 0 Å². The first kappa shape index (κ1) is 13.4. The Hall–Kier alpha value is -0.650. The third kappa shape index (κ3) is 3.73. The smallest absolute Gasteiger partial charge is 0.239 e. The molecular weight excluding hydrogens is 208 g/mol. The van der Waals surface area contributed by atoms with Crippen molar-refractivity contribution in [3.63, 3.8) is 0 Å². The summed E-state index contributed by atoms with van der Waals surface area (Å²) in [5.41, 5.74) is 5.84. The molecule has 1 saturated heterocycles. The molecule has 94 valence electrons. The van der Waals surface area contributed by atoms with Gasteiger partial charge >= 0.3 is 0 Å². The number of hydrogen-bond acceptors (Lipinski definition) is 4. The second-order valence-electron chi connectivity index (χ2n) is 4.21. The fraction of sp³-hybridized carbons (Fsp3) is 0.909. The van der Waals surface area contributed by atoms with Crippen LogP contribution in [0.25, 0.3) is 0 Å². The number of carbonyl (C=O) groups excluding carboxylic acids is 1. The van der Waals surface area contributed by atoms with Gasteiger partial charge in [-0.25, -0.2) is 0 Å². The number of nitrogens with zero attached hydrogens (tertiary/aromatic N) is 1. The van der Waals surface area contributed by atoms with Gasteiger partial charge in [0.2, 0.25) is 5.91 Å². The highest BCUT2D eigenvalue weighted by Gasteiger charge is 2.27. The van der Waals surface area contributed by atoms with E-state index in [-0.39, 0.29) is 11.9 Å². The van der Waals surface area contributed by atoms with Gasteiger partial charge in [-0.3, -0.25) is 4.79 Å². The SMILES string of the molecule is COCCCC(N)C(=O)N(C)C1CCOC1. The van der Waals surface area contributed by atoms with E-state index in [0.717, 1.165) is 19.4 Å². The van der Waals surface area contributed by atoms with Gasteiger partial charge in [0.05, 0.1) is 18.7 Å². The number of likely N-dealkylation sites (N-methyl/N-ethyl adjacent to an activating group) is 1. The van der Waals surface area contributed by atoms with Crippen LogP contribution in [0.4, 0.5) is 0 Å². The predicted octanol–water partition coefficient (Wildman–Crippen LogP) is -0.0124. The Kier molecular flexibility index (Phi) is 5.73. The average Bonchev–Trinajstić information content (AvgIpc) is 2.80. The predicted molar refractivity (Wildman–Crippen MR) is 61.1 cm³/mol. The standard InChI is InChI=1S/C11H22N2O3/c1-13(9-5-7-16-8-9)11(14)10(12)4-3-6-15-2/h9-10H,3-8,12H2,1-2H3. The summed E-state index contributed by atoms with van der Waals surface area (Å²) in [6.07, 6.45) is 2.40. The highest BCUT2D eigenvalue weighted by molar-refractivity contribution is 5.81. The van der Waals surface area contributed by atoms with Gasteiger partial charge < -0.3 is 20.1 Å². The molecule has 2 atom stereocenters. The van der Waals surface area contributed by atoms with Crippen molar-refractivity contribution < 1.29 is 14.3 Å². The van der Waals surface area contributed by atoms with Crippen molar-refractivity contribution in [3.05, 3.63) is 0 Å². The molecule has 0 aliphatic carbocycles. The van der Waals surface area contributed by atoms with Crippen LogP contribution < -0.4 is 5.73 Å². The maximum atomic E-state index is 11.9. The molecule has 1 heterocycles. The van der Waals surface area contributed by atoms with Crippen LogP contribution in [0.15, 0.2) is 0 Å². The highest BCUT2D eigenvalue weighted by Crippen LogP contribution is 2.12. The molecule has 2 N–H and O–H groups in total. The number of nitrogens with two attached hydrogens (primary N) is 1. The third-order valence-electron chi connectivity index (χ3n) is 2.98. The molecule has 2 unspecified atom stereocenters. The Bertz CT molecular complexity index is 217. The second-order valence-corrected chi connectivity index (χ2v) is 4.21. The molecule has 16 heavy (non-hydrogen) atoms. The molecule has 0 bridgehead atoms. The first-order valence-electron chi connectivity index (χ1n) is 5.75. The van der Waals surface area contributed by atoms with Crippen molar-refractivity contribution >= 4 is 5.91 Å². The lowest BCUT2D eigenvalue weighted by atomic mass is 10.1. The maximum Gasteiger partial charge on any atom is 0.239 e. The van der Waals surface area contributed by atoms with Crippen molar-refractivity contribution in [1.29, 1.82) is 0 Å². The van der Waals surface area contributed by atoms with E-state index in [1.165, 1.54) is 0 Å². The van der Waals surface area contributed by atoms with Crippen LogP contribution >= 0.6 is 0 Å². The van der Waals surface area contributed by atoms with Crippen molar-refractivity contribution in [2.45, 2.75) is 31.3 Å². The third-order valence-corrected chi connectivity index (χ3v) is 2.98. The molecule has 0 aromatic rings. The van der Waals surface area contributed by atoms with E-state index in [4.69, 9.17) is 15.2 Å². The molecule has 1 aliphatic heterocycles. The number of rotatable bonds is 6. The molecule has 5 heteroatoms. The number of carbonyl (C=O) groups is 1. The molecular formula is C11H22N2O3. The van der Waals surface area contributed by atoms with E-state index in [1.807, 2.05) is 0 Å². The Morgan fingerprint density at radius 1 is 1.69 bits per heavy atom. The van der Waals surface area contributed by atoms with Gasteiger partial charge in [-0.15, -0.1) is 0 Å². The Morgan fingerprint density at radius 3 is 3.00 bits per heavy atom. The Balaban J connectivity index is 2.30. The topological polar surface area (TPSA) is 64.8 Å². The molecule has 5 nitrogen and oxygen atoms in total. The van der Waals surface area contributed by atoms with Crippen LogP contribution in [0.5, 0.6) is 0 Å². The highest BCUT2D eigenvalue weighted by atomic mass is 16.5. The first-order valence-corrected chi connectivity index (χ1v) is 5.75. The average molecular weight is 230 g/mol. The summed E-state index contributed by atoms with van der Waals surface area (Å²) in [4.78, 5) is 13.7. The molecule has 1 amide bonds. The van der Waals surface area contributed by atoms with E-state index < -0.39 is 6.04 Å². The number of hydrogen-bond donors (Lipinski definition) is 1. The molecule has 0 spiro atoms. The van der Waals surface area contributed by atoms with Gasteiger partial charge in [-0.1, -0.05) is 0 Å². The molecule has 0 aromatic carbocycles. The first-order chi connectivity index (χ1) is 7.66. The molecule has 1 fully saturated rings. The van der Waals surface area contributed by atoms with E-state index in [0.29, 0.717) is 19.6 Å². The zero-order chi connectivity index (χ0) is 12.0. The summed E-state index contributed by atoms with van der Waals surface area (Å²) < 4.78 is 10.2. The minimum Gasteiger partial charge on any atom is -0.385 e. The summed E-state index contributed by atoms with van der Waals surface area (Å²) >= 11 is 0. The molecule has 0 saturated carbocycles. The van der Waals surface area contributed by atoms with Crippen LogP contribution in [-0.4, -0.2) is 56.9 Å². The lowest BCUT2D eigenvalue weighted by Crippen LogP contribution is -2.46. The lowest BCUT2D eigenvalue weighted by Gasteiger charge is -2.26. The van der Waals surface area contributed by atoms with E-state index in [1.54, 1.807) is 19.1 Å². The molecule has 0 aromatic heterocycles. The summed E-state index contributed by atoms with van der Waals surface area (Å²) in [6.45, 7) is 2.02. The number of ether oxygens (including phenoxy) is 2. The van der Waals surface area contributed by atoms with Gasteiger partial charge in [-0.05, 0) is 19.3 Å². The minimum atomic E-state index is -0.416. The van der Waals surface area contributed by atoms with Crippen LogP contribution in [0.3, 0.4) is 0 Å². The molecule has 1 rings (SSSR count). The van der Waals surface area contributed by atoms with Gasteiger partial charge in [0, 0.05) is 27.4 Å². The fourth-order valence-corrected chi connectivity index (χ4v) is 1.84. The van der Waals surface area contributed by atoms with Gasteiger partial charge in [-0.2, -0.15) is 0 Å². The zero-order valence-electron chi connectivity index (χ0n) is 10.1. The van der Waals surface area contributed by atoms with Crippen LogP contribution in [0.1, 0.15) is 19.3 Å². The van der Waals surface area contributed by atoms with Gasteiger partial charge in [0.15, 0.2) is 0 Å². The molecule has 1 aliphatic rings. The quantitative estimate of drug-likeness (QED) is 0.652. The fourth-order valence-electron chi connectivity index (χ4n) is 1.84. The van der Waals surface area contributed by atoms with E-state index in [2.05, 4.69) is 0 Å². The summed E-state index contributed by atoms with van der Waals surface area (Å²) in [7, 11) is 3.45. The van der Waals surface area contributed by atoms with Gasteiger partial charge in [0.1, 0.15) is 0 Å². The van der Waals surface area contributed by atoms with Crippen molar-refractivity contribution in [2.24, 2.45) is 5.73 Å². The summed E-state index contributed by atoms with van der Waals surface area (Å²) in [6, 6.07) is -0.221. The van der Waals surface area contributed by atoms with Crippen LogP contribution in [0.2, 0.25) is 0 Å². The van der Waals surface area contributed by atoms with Crippen LogP contribution in [0, 0.1) is 0 Å². The lowest BCUT2D eigenvalue weighted by molar-refractivity contribution is -0.133. The van der Waals surface area contributed by atoms with E-state index >= 15 is 0 Å². The maximum absolute atomic E-state index is 11.9. The Labute approximate surface area is 96.9 Å². The minimum absolute atomic E-state index is 0.00611. The largest absolute Gasteiger partial charge is 0.385 e. The van der Waals surface area contributed by atoms with E-state index in [9.17, 15) is 4.79 Å². The summed E-state index contributed by atoms with van der Waals surface area (Å²) in [5.74, 6) is 0.00611. The Morgan fingerprint density at radius 2 is 2.44 bits per heavy atom. The zero-order valence-corrected chi connectivity index (χ0v) is 10.1. The van der Waals surface area contributed by atoms with Crippen molar-refractivity contribution in [2.75, 3.05) is 34.0 Å². The van der Waals surface area contributed by atoms with Crippen molar-refractivity contribution in [1.82, 2.24) is 4.90 Å². The van der Waals surface area contributed by atoms with Crippen LogP contribution in [-0.2, 0) is 14.3 Å². The monoisotopic (exact) mass is 230 g/mol. The molecule has 0 radical (unpaired) electrons.